The fourth-order valence-electron chi connectivity index (χ4n) is 2.92. The lowest BCUT2D eigenvalue weighted by Gasteiger charge is -2.30. The van der Waals surface area contributed by atoms with Gasteiger partial charge in [-0.1, -0.05) is 0 Å². The van der Waals surface area contributed by atoms with E-state index in [-0.39, 0.29) is 17.3 Å². The summed E-state index contributed by atoms with van der Waals surface area (Å²) in [7, 11) is 2.89. The van der Waals surface area contributed by atoms with Gasteiger partial charge in [-0.05, 0) is 67.5 Å². The molecule has 1 aromatic carbocycles. The van der Waals surface area contributed by atoms with Crippen molar-refractivity contribution in [3.05, 3.63) is 17.7 Å². The molecule has 0 saturated heterocycles. The van der Waals surface area contributed by atoms with E-state index >= 15 is 0 Å². The van der Waals surface area contributed by atoms with Gasteiger partial charge in [0.2, 0.25) is 5.90 Å². The van der Waals surface area contributed by atoms with Crippen molar-refractivity contribution >= 4 is 23.8 Å². The van der Waals surface area contributed by atoms with Gasteiger partial charge in [0.05, 0.1) is 25.3 Å². The minimum absolute atomic E-state index is 0.133. The Bertz CT molecular complexity index is 927. The van der Waals surface area contributed by atoms with Crippen molar-refractivity contribution in [2.24, 2.45) is 4.99 Å². The molecule has 0 aromatic heterocycles. The molecule has 0 fully saturated rings. The van der Waals surface area contributed by atoms with Crippen LogP contribution in [0.3, 0.4) is 0 Å². The first-order valence-electron chi connectivity index (χ1n) is 10.6. The summed E-state index contributed by atoms with van der Waals surface area (Å²) in [5.74, 6) is 0.789. The fraction of sp³-hybridized carbons (Fsp3) is 0.609. The Morgan fingerprint density at radius 3 is 2.09 bits per heavy atom. The molecule has 0 radical (unpaired) electrons. The molecular formula is C23H35N3O7. The summed E-state index contributed by atoms with van der Waals surface area (Å²) >= 11 is 0. The van der Waals surface area contributed by atoms with Crippen LogP contribution in [-0.2, 0) is 14.2 Å². The molecule has 33 heavy (non-hydrogen) atoms. The number of carbonyl (C=O) groups is 2. The highest BCUT2D eigenvalue weighted by molar-refractivity contribution is 6.07. The summed E-state index contributed by atoms with van der Waals surface area (Å²) in [6.45, 7) is 14.5. The van der Waals surface area contributed by atoms with Gasteiger partial charge in [-0.3, -0.25) is 0 Å². The lowest BCUT2D eigenvalue weighted by molar-refractivity contribution is 0.0424. The number of hydrogen-bond donors (Lipinski definition) is 1. The van der Waals surface area contributed by atoms with Gasteiger partial charge in [0.1, 0.15) is 23.5 Å². The van der Waals surface area contributed by atoms with Crippen LogP contribution >= 0.6 is 0 Å². The predicted molar refractivity (Wildman–Crippen MR) is 124 cm³/mol. The van der Waals surface area contributed by atoms with Crippen LogP contribution in [-0.4, -0.2) is 55.7 Å². The monoisotopic (exact) mass is 465 g/mol. The van der Waals surface area contributed by atoms with E-state index in [1.165, 1.54) is 14.2 Å². The Kier molecular flexibility index (Phi) is 7.40. The van der Waals surface area contributed by atoms with Crippen molar-refractivity contribution < 1.29 is 33.3 Å². The number of amides is 2. The van der Waals surface area contributed by atoms with Gasteiger partial charge >= 0.3 is 12.2 Å². The number of aliphatic imine (C=N–C) groups is 1. The predicted octanol–water partition coefficient (Wildman–Crippen LogP) is 4.44. The third-order valence-electron chi connectivity index (χ3n) is 4.12. The molecule has 2 rings (SSSR count). The second kappa shape index (κ2) is 9.36. The maximum Gasteiger partial charge on any atom is 0.434 e. The smallest absolute Gasteiger partial charge is 0.434 e. The van der Waals surface area contributed by atoms with Crippen LogP contribution in [0.15, 0.2) is 17.1 Å². The molecule has 1 heterocycles. The van der Waals surface area contributed by atoms with Crippen molar-refractivity contribution in [2.45, 2.75) is 72.1 Å². The highest BCUT2D eigenvalue weighted by Gasteiger charge is 2.36. The Labute approximate surface area is 195 Å². The number of methoxy groups -OCH3 is 2. The minimum Gasteiger partial charge on any atom is -0.493 e. The first-order valence-corrected chi connectivity index (χ1v) is 10.6. The zero-order valence-electron chi connectivity index (χ0n) is 21.1. The van der Waals surface area contributed by atoms with Crippen LogP contribution in [0.2, 0.25) is 0 Å². The second-order valence-electron chi connectivity index (χ2n) is 10.1. The van der Waals surface area contributed by atoms with Crippen LogP contribution < -0.4 is 19.9 Å². The van der Waals surface area contributed by atoms with Crippen molar-refractivity contribution in [2.75, 3.05) is 25.8 Å². The molecule has 0 bridgehead atoms. The molecule has 0 unspecified atom stereocenters. The van der Waals surface area contributed by atoms with Crippen LogP contribution in [0.1, 0.15) is 61.0 Å². The lowest BCUT2D eigenvalue weighted by Crippen LogP contribution is -2.50. The molecule has 1 aromatic rings. The van der Waals surface area contributed by atoms with E-state index in [1.807, 2.05) is 13.8 Å². The molecule has 1 N–H and O–H groups in total. The van der Waals surface area contributed by atoms with Crippen LogP contribution in [0.4, 0.5) is 15.3 Å². The number of hydrazine groups is 1. The molecule has 2 amide bonds. The summed E-state index contributed by atoms with van der Waals surface area (Å²) in [5, 5.41) is 0.924. The molecular weight excluding hydrogens is 430 g/mol. The van der Waals surface area contributed by atoms with Gasteiger partial charge in [-0.15, -0.1) is 0 Å². The maximum absolute atomic E-state index is 13.3. The second-order valence-corrected chi connectivity index (χ2v) is 10.1. The quantitative estimate of drug-likeness (QED) is 0.655. The van der Waals surface area contributed by atoms with Gasteiger partial charge in [-0.2, -0.15) is 5.01 Å². The van der Waals surface area contributed by atoms with E-state index < -0.39 is 28.9 Å². The normalized spacial score (nSPS) is 15.2. The number of rotatable bonds is 4. The Balaban J connectivity index is 2.71. The number of nitrogens with one attached hydrogen (secondary N) is 1. The zero-order valence-corrected chi connectivity index (χ0v) is 21.1. The zero-order chi connectivity index (χ0) is 25.2. The van der Waals surface area contributed by atoms with Gasteiger partial charge in [0, 0.05) is 0 Å². The number of hydrogen-bond acceptors (Lipinski definition) is 8. The van der Waals surface area contributed by atoms with E-state index in [1.54, 1.807) is 53.7 Å². The van der Waals surface area contributed by atoms with Crippen LogP contribution in [0.25, 0.3) is 0 Å². The summed E-state index contributed by atoms with van der Waals surface area (Å²) in [4.78, 5) is 30.6. The number of anilines is 1. The molecule has 1 aliphatic rings. The van der Waals surface area contributed by atoms with Crippen molar-refractivity contribution in [1.29, 1.82) is 0 Å². The summed E-state index contributed by atoms with van der Waals surface area (Å²) in [6, 6.07) is 3.33. The van der Waals surface area contributed by atoms with Gasteiger partial charge in [0.15, 0.2) is 11.5 Å². The number of nitrogens with zero attached hydrogens (tertiary/aromatic N) is 2. The van der Waals surface area contributed by atoms with Crippen molar-refractivity contribution in [3.8, 4) is 11.5 Å². The van der Waals surface area contributed by atoms with Gasteiger partial charge in [0.25, 0.3) is 0 Å². The SMILES string of the molecule is COc1ccc(C2=NC(C)(C)CO2)c(N(NC(=O)OC(C)(C)C)C(=O)OC(C)(C)C)c1OC. The van der Waals surface area contributed by atoms with E-state index in [0.29, 0.717) is 17.9 Å². The third kappa shape index (κ3) is 6.90. The number of carbonyl (C=O) groups excluding carboxylic acids is 2. The first kappa shape index (κ1) is 26.1. The highest BCUT2D eigenvalue weighted by Crippen LogP contribution is 2.42. The van der Waals surface area contributed by atoms with E-state index in [9.17, 15) is 9.59 Å². The van der Waals surface area contributed by atoms with Gasteiger partial charge in [-0.25, -0.2) is 20.0 Å². The molecule has 184 valence electrons. The van der Waals surface area contributed by atoms with Crippen LogP contribution in [0, 0.1) is 0 Å². The van der Waals surface area contributed by atoms with E-state index in [4.69, 9.17) is 23.7 Å². The lowest BCUT2D eigenvalue weighted by atomic mass is 10.1. The Hall–Kier alpha value is -3.17. The molecule has 1 aliphatic heterocycles. The molecule has 10 nitrogen and oxygen atoms in total. The maximum atomic E-state index is 13.3. The summed E-state index contributed by atoms with van der Waals surface area (Å²) < 4.78 is 27.7. The molecule has 0 spiro atoms. The fourth-order valence-corrected chi connectivity index (χ4v) is 2.92. The minimum atomic E-state index is -0.862. The highest BCUT2D eigenvalue weighted by atomic mass is 16.6. The average Bonchev–Trinajstić information content (AvgIpc) is 3.01. The first-order chi connectivity index (χ1) is 15.1. The summed E-state index contributed by atoms with van der Waals surface area (Å²) in [6.07, 6.45) is -1.72. The molecule has 0 aliphatic carbocycles. The van der Waals surface area contributed by atoms with Crippen molar-refractivity contribution in [1.82, 2.24) is 5.43 Å². The van der Waals surface area contributed by atoms with E-state index in [2.05, 4.69) is 10.4 Å². The largest absolute Gasteiger partial charge is 0.493 e. The number of ether oxygens (including phenoxy) is 5. The molecule has 10 heteroatoms. The third-order valence-corrected chi connectivity index (χ3v) is 4.12. The summed E-state index contributed by atoms with van der Waals surface area (Å²) in [5.41, 5.74) is 0.902. The standard InChI is InChI=1S/C23H35N3O7/c1-21(2,3)32-19(27)25-26(20(28)33-22(4,5)6)16-14(18-24-23(7,8)13-31-18)11-12-15(29-9)17(16)30-10/h11-12H,13H2,1-10H3,(H,25,27). The molecule has 0 saturated carbocycles. The molecule has 0 atom stereocenters. The topological polar surface area (TPSA) is 108 Å². The van der Waals surface area contributed by atoms with Crippen LogP contribution in [0.5, 0.6) is 11.5 Å². The Morgan fingerprint density at radius 1 is 1.03 bits per heavy atom. The average molecular weight is 466 g/mol. The van der Waals surface area contributed by atoms with Crippen molar-refractivity contribution in [3.63, 3.8) is 0 Å². The van der Waals surface area contributed by atoms with E-state index in [0.717, 1.165) is 5.01 Å². The Morgan fingerprint density at radius 2 is 1.64 bits per heavy atom. The van der Waals surface area contributed by atoms with Gasteiger partial charge < -0.3 is 23.7 Å². The number of benzene rings is 1.